The van der Waals surface area contributed by atoms with Crippen molar-refractivity contribution in [3.8, 4) is 11.5 Å². The largest absolute Gasteiger partial charge is 0.454 e. The first-order valence-corrected chi connectivity index (χ1v) is 6.88. The standard InChI is InChI=1S/C15H17N3O3/c1-3-18-14(6-10(2)17-18)16-15(19)8-11-4-5-12-13(7-11)21-9-20-12/h4-7H,3,8-9H2,1-2H3,(H,16,19). The van der Waals surface area contributed by atoms with Crippen LogP contribution >= 0.6 is 0 Å². The molecule has 6 heteroatoms. The van der Waals surface area contributed by atoms with Gasteiger partial charge >= 0.3 is 0 Å². The van der Waals surface area contributed by atoms with Gasteiger partial charge in [-0.05, 0) is 31.5 Å². The molecule has 0 saturated carbocycles. The van der Waals surface area contributed by atoms with Gasteiger partial charge in [0.2, 0.25) is 12.7 Å². The third kappa shape index (κ3) is 2.84. The molecule has 3 rings (SSSR count). The highest BCUT2D eigenvalue weighted by molar-refractivity contribution is 5.91. The maximum atomic E-state index is 12.1. The summed E-state index contributed by atoms with van der Waals surface area (Å²) < 4.78 is 12.3. The molecule has 0 aliphatic carbocycles. The quantitative estimate of drug-likeness (QED) is 0.935. The lowest BCUT2D eigenvalue weighted by molar-refractivity contribution is -0.115. The second-order valence-corrected chi connectivity index (χ2v) is 4.90. The predicted octanol–water partition coefficient (Wildman–Crippen LogP) is 2.12. The SMILES string of the molecule is CCn1nc(C)cc1NC(=O)Cc1ccc2c(c1)OCO2. The van der Waals surface area contributed by atoms with E-state index in [4.69, 9.17) is 9.47 Å². The van der Waals surface area contributed by atoms with E-state index in [-0.39, 0.29) is 19.1 Å². The minimum absolute atomic E-state index is 0.0801. The lowest BCUT2D eigenvalue weighted by atomic mass is 10.1. The molecule has 0 bridgehead atoms. The Morgan fingerprint density at radius 2 is 2.14 bits per heavy atom. The van der Waals surface area contributed by atoms with Gasteiger partial charge in [-0.1, -0.05) is 6.07 Å². The van der Waals surface area contributed by atoms with Crippen molar-refractivity contribution < 1.29 is 14.3 Å². The Labute approximate surface area is 122 Å². The second kappa shape index (κ2) is 5.47. The number of rotatable bonds is 4. The number of aryl methyl sites for hydroxylation is 2. The Morgan fingerprint density at radius 3 is 2.95 bits per heavy atom. The maximum absolute atomic E-state index is 12.1. The fourth-order valence-corrected chi connectivity index (χ4v) is 2.31. The highest BCUT2D eigenvalue weighted by Crippen LogP contribution is 2.32. The molecule has 1 aromatic carbocycles. The molecule has 21 heavy (non-hydrogen) atoms. The molecule has 1 aromatic heterocycles. The predicted molar refractivity (Wildman–Crippen MR) is 77.5 cm³/mol. The summed E-state index contributed by atoms with van der Waals surface area (Å²) in [5.74, 6) is 2.05. The van der Waals surface area contributed by atoms with Gasteiger partial charge in [0.1, 0.15) is 5.82 Å². The van der Waals surface area contributed by atoms with Crippen LogP contribution in [0.15, 0.2) is 24.3 Å². The van der Waals surface area contributed by atoms with Crippen molar-refractivity contribution in [2.75, 3.05) is 12.1 Å². The van der Waals surface area contributed by atoms with Crippen LogP contribution < -0.4 is 14.8 Å². The summed E-state index contributed by atoms with van der Waals surface area (Å²) in [5, 5.41) is 7.19. The van der Waals surface area contributed by atoms with Gasteiger partial charge in [-0.25, -0.2) is 4.68 Å². The summed E-state index contributed by atoms with van der Waals surface area (Å²) in [6, 6.07) is 7.40. The molecule has 2 heterocycles. The summed E-state index contributed by atoms with van der Waals surface area (Å²) in [6.45, 7) is 4.84. The van der Waals surface area contributed by atoms with Crippen molar-refractivity contribution in [3.63, 3.8) is 0 Å². The van der Waals surface area contributed by atoms with E-state index < -0.39 is 0 Å². The lowest BCUT2D eigenvalue weighted by Crippen LogP contribution is -2.17. The fraction of sp³-hybridized carbons (Fsp3) is 0.333. The van der Waals surface area contributed by atoms with E-state index in [1.807, 2.05) is 38.1 Å². The van der Waals surface area contributed by atoms with Gasteiger partial charge in [0, 0.05) is 12.6 Å². The Morgan fingerprint density at radius 1 is 1.33 bits per heavy atom. The van der Waals surface area contributed by atoms with Crippen LogP contribution in [0, 0.1) is 6.92 Å². The van der Waals surface area contributed by atoms with E-state index in [1.165, 1.54) is 0 Å². The monoisotopic (exact) mass is 287 g/mol. The van der Waals surface area contributed by atoms with Crippen molar-refractivity contribution in [1.29, 1.82) is 0 Å². The number of anilines is 1. The molecule has 110 valence electrons. The number of hydrogen-bond acceptors (Lipinski definition) is 4. The third-order valence-corrected chi connectivity index (χ3v) is 3.27. The van der Waals surface area contributed by atoms with E-state index >= 15 is 0 Å². The minimum atomic E-state index is -0.0801. The zero-order valence-corrected chi connectivity index (χ0v) is 12.0. The molecule has 2 aromatic rings. The molecule has 0 fully saturated rings. The number of aromatic nitrogens is 2. The van der Waals surface area contributed by atoms with Crippen molar-refractivity contribution in [2.24, 2.45) is 0 Å². The molecule has 6 nitrogen and oxygen atoms in total. The highest BCUT2D eigenvalue weighted by atomic mass is 16.7. The Balaban J connectivity index is 1.69. The molecule has 0 spiro atoms. The number of carbonyl (C=O) groups excluding carboxylic acids is 1. The molecular weight excluding hydrogens is 270 g/mol. The number of amides is 1. The summed E-state index contributed by atoms with van der Waals surface area (Å²) >= 11 is 0. The van der Waals surface area contributed by atoms with Gasteiger partial charge in [-0.15, -0.1) is 0 Å². The van der Waals surface area contributed by atoms with Crippen LogP contribution in [-0.2, 0) is 17.8 Å². The minimum Gasteiger partial charge on any atom is -0.454 e. The molecular formula is C15H17N3O3. The molecule has 1 amide bonds. The summed E-state index contributed by atoms with van der Waals surface area (Å²) in [5.41, 5.74) is 1.77. The third-order valence-electron chi connectivity index (χ3n) is 3.27. The molecule has 1 aliphatic rings. The number of hydrogen-bond donors (Lipinski definition) is 1. The van der Waals surface area contributed by atoms with Gasteiger partial charge in [0.25, 0.3) is 0 Å². The van der Waals surface area contributed by atoms with Crippen LogP contribution in [0.25, 0.3) is 0 Å². The summed E-state index contributed by atoms with van der Waals surface area (Å²) in [6.07, 6.45) is 0.282. The lowest BCUT2D eigenvalue weighted by Gasteiger charge is -2.07. The van der Waals surface area contributed by atoms with Crippen LogP contribution in [0.2, 0.25) is 0 Å². The topological polar surface area (TPSA) is 65.4 Å². The normalized spacial score (nSPS) is 12.5. The zero-order chi connectivity index (χ0) is 14.8. The van der Waals surface area contributed by atoms with E-state index in [1.54, 1.807) is 4.68 Å². The molecule has 0 radical (unpaired) electrons. The highest BCUT2D eigenvalue weighted by Gasteiger charge is 2.15. The number of ether oxygens (including phenoxy) is 2. The summed E-state index contributed by atoms with van der Waals surface area (Å²) in [4.78, 5) is 12.1. The fourth-order valence-electron chi connectivity index (χ4n) is 2.31. The number of nitrogens with one attached hydrogen (secondary N) is 1. The van der Waals surface area contributed by atoms with Crippen molar-refractivity contribution in [2.45, 2.75) is 26.8 Å². The van der Waals surface area contributed by atoms with Crippen molar-refractivity contribution in [1.82, 2.24) is 9.78 Å². The zero-order valence-electron chi connectivity index (χ0n) is 12.0. The number of nitrogens with zero attached hydrogens (tertiary/aromatic N) is 2. The molecule has 1 N–H and O–H groups in total. The van der Waals surface area contributed by atoms with E-state index in [0.717, 1.165) is 22.8 Å². The first-order valence-electron chi connectivity index (χ1n) is 6.88. The van der Waals surface area contributed by atoms with Gasteiger partial charge in [0.15, 0.2) is 11.5 Å². The Kier molecular flexibility index (Phi) is 3.51. The van der Waals surface area contributed by atoms with Crippen LogP contribution in [0.3, 0.4) is 0 Å². The van der Waals surface area contributed by atoms with Gasteiger partial charge < -0.3 is 14.8 Å². The first-order chi connectivity index (χ1) is 10.2. The molecule has 0 atom stereocenters. The second-order valence-electron chi connectivity index (χ2n) is 4.90. The van der Waals surface area contributed by atoms with Crippen LogP contribution in [0.1, 0.15) is 18.2 Å². The van der Waals surface area contributed by atoms with Crippen LogP contribution in [0.5, 0.6) is 11.5 Å². The van der Waals surface area contributed by atoms with Gasteiger partial charge in [0.05, 0.1) is 12.1 Å². The Bertz CT molecular complexity index is 679. The number of benzene rings is 1. The smallest absolute Gasteiger partial charge is 0.231 e. The molecule has 0 unspecified atom stereocenters. The average Bonchev–Trinajstić information content (AvgIpc) is 3.04. The van der Waals surface area contributed by atoms with Crippen molar-refractivity contribution in [3.05, 3.63) is 35.5 Å². The van der Waals surface area contributed by atoms with E-state index in [0.29, 0.717) is 12.3 Å². The molecule has 1 aliphatic heterocycles. The number of carbonyl (C=O) groups is 1. The molecule has 0 saturated heterocycles. The van der Waals surface area contributed by atoms with Gasteiger partial charge in [-0.2, -0.15) is 5.10 Å². The van der Waals surface area contributed by atoms with E-state index in [9.17, 15) is 4.79 Å². The average molecular weight is 287 g/mol. The maximum Gasteiger partial charge on any atom is 0.231 e. The van der Waals surface area contributed by atoms with Gasteiger partial charge in [-0.3, -0.25) is 4.79 Å². The first kappa shape index (κ1) is 13.5. The van der Waals surface area contributed by atoms with Crippen LogP contribution in [0.4, 0.5) is 5.82 Å². The number of fused-ring (bicyclic) bond motifs is 1. The Hall–Kier alpha value is -2.50. The van der Waals surface area contributed by atoms with E-state index in [2.05, 4.69) is 10.4 Å². The van der Waals surface area contributed by atoms with Crippen molar-refractivity contribution >= 4 is 11.7 Å². The van der Waals surface area contributed by atoms with Crippen LogP contribution in [-0.4, -0.2) is 22.5 Å². The summed E-state index contributed by atoms with van der Waals surface area (Å²) in [7, 11) is 0.